The van der Waals surface area contributed by atoms with Crippen LogP contribution in [0.3, 0.4) is 0 Å². The molecule has 1 aliphatic carbocycles. The maximum atomic E-state index is 12.5. The van der Waals surface area contributed by atoms with Gasteiger partial charge in [0.1, 0.15) is 0 Å². The third kappa shape index (κ3) is 5.95. The number of carbonyl (C=O) groups excluding carboxylic acids is 2. The monoisotopic (exact) mass is 419 g/mol. The molecular formula is C26H33N3O2. The highest BCUT2D eigenvalue weighted by Gasteiger charge is 2.39. The average molecular weight is 420 g/mol. The number of carbonyl (C=O) groups is 2. The highest BCUT2D eigenvalue weighted by molar-refractivity contribution is 5.96. The van der Waals surface area contributed by atoms with Crippen LogP contribution >= 0.6 is 0 Å². The Bertz CT molecular complexity index is 907. The predicted molar refractivity (Wildman–Crippen MR) is 124 cm³/mol. The quantitative estimate of drug-likeness (QED) is 0.697. The van der Waals surface area contributed by atoms with Crippen molar-refractivity contribution in [3.63, 3.8) is 0 Å². The van der Waals surface area contributed by atoms with Gasteiger partial charge in [-0.3, -0.25) is 14.5 Å². The van der Waals surface area contributed by atoms with Crippen molar-refractivity contribution in [2.24, 2.45) is 17.8 Å². The molecule has 2 aromatic rings. The van der Waals surface area contributed by atoms with Crippen LogP contribution in [0.4, 0.5) is 5.69 Å². The van der Waals surface area contributed by atoms with E-state index in [0.717, 1.165) is 30.1 Å². The largest absolute Gasteiger partial charge is 0.348 e. The van der Waals surface area contributed by atoms with E-state index in [9.17, 15) is 9.59 Å². The lowest BCUT2D eigenvalue weighted by Gasteiger charge is -2.30. The maximum Gasteiger partial charge on any atom is 0.251 e. The van der Waals surface area contributed by atoms with Crippen molar-refractivity contribution in [3.8, 4) is 0 Å². The first kappa shape index (κ1) is 21.6. The summed E-state index contributed by atoms with van der Waals surface area (Å²) in [5.74, 6) is 1.36. The van der Waals surface area contributed by atoms with E-state index in [4.69, 9.17) is 0 Å². The first-order valence-corrected chi connectivity index (χ1v) is 11.5. The molecule has 0 aromatic heterocycles. The lowest BCUT2D eigenvalue weighted by atomic mass is 9.99. The van der Waals surface area contributed by atoms with E-state index in [1.165, 1.54) is 31.5 Å². The predicted octanol–water partition coefficient (Wildman–Crippen LogP) is 4.44. The van der Waals surface area contributed by atoms with E-state index < -0.39 is 0 Å². The van der Waals surface area contributed by atoms with Crippen LogP contribution in [-0.2, 0) is 17.9 Å². The minimum atomic E-state index is -0.111. The zero-order valence-corrected chi connectivity index (χ0v) is 18.6. The molecule has 2 aliphatic rings. The molecule has 4 rings (SSSR count). The topological polar surface area (TPSA) is 61.4 Å². The van der Waals surface area contributed by atoms with Crippen LogP contribution in [0.1, 0.15) is 54.6 Å². The molecule has 2 fully saturated rings. The second-order valence-electron chi connectivity index (χ2n) is 9.37. The molecule has 0 bridgehead atoms. The zero-order valence-electron chi connectivity index (χ0n) is 18.6. The fraction of sp³-hybridized carbons (Fsp3) is 0.462. The average Bonchev–Trinajstić information content (AvgIpc) is 3.50. The Balaban J connectivity index is 1.24. The Morgan fingerprint density at radius 1 is 1.00 bits per heavy atom. The number of benzene rings is 2. The summed E-state index contributed by atoms with van der Waals surface area (Å²) in [5.41, 5.74) is 3.74. The Morgan fingerprint density at radius 2 is 1.68 bits per heavy atom. The highest BCUT2D eigenvalue weighted by Crippen LogP contribution is 2.38. The van der Waals surface area contributed by atoms with E-state index in [-0.39, 0.29) is 17.7 Å². The zero-order chi connectivity index (χ0) is 21.8. The summed E-state index contributed by atoms with van der Waals surface area (Å²) in [6.45, 7) is 8.28. The number of anilines is 1. The van der Waals surface area contributed by atoms with Crippen LogP contribution in [0.25, 0.3) is 0 Å². The molecule has 0 spiro atoms. The molecule has 1 aliphatic heterocycles. The van der Waals surface area contributed by atoms with Gasteiger partial charge in [-0.2, -0.15) is 0 Å². The van der Waals surface area contributed by atoms with Crippen LogP contribution in [0.15, 0.2) is 48.5 Å². The van der Waals surface area contributed by atoms with E-state index in [0.29, 0.717) is 18.0 Å². The first-order chi connectivity index (χ1) is 15.0. The highest BCUT2D eigenvalue weighted by atomic mass is 16.2. The lowest BCUT2D eigenvalue weighted by molar-refractivity contribution is -0.117. The number of rotatable bonds is 7. The molecule has 3 atom stereocenters. The summed E-state index contributed by atoms with van der Waals surface area (Å²) >= 11 is 0. The summed E-state index contributed by atoms with van der Waals surface area (Å²) in [4.78, 5) is 27.0. The van der Waals surface area contributed by atoms with Gasteiger partial charge in [0.15, 0.2) is 0 Å². The molecule has 1 saturated heterocycles. The molecule has 1 heterocycles. The van der Waals surface area contributed by atoms with Crippen molar-refractivity contribution in [2.45, 2.75) is 46.2 Å². The van der Waals surface area contributed by atoms with Gasteiger partial charge in [-0.1, -0.05) is 38.1 Å². The second-order valence-corrected chi connectivity index (χ2v) is 9.37. The third-order valence-electron chi connectivity index (χ3n) is 6.48. The summed E-state index contributed by atoms with van der Waals surface area (Å²) in [5, 5.41) is 5.90. The van der Waals surface area contributed by atoms with Crippen LogP contribution < -0.4 is 10.6 Å². The van der Waals surface area contributed by atoms with Crippen molar-refractivity contribution in [2.75, 3.05) is 18.4 Å². The summed E-state index contributed by atoms with van der Waals surface area (Å²) in [6, 6.07) is 15.6. The van der Waals surface area contributed by atoms with E-state index in [1.807, 2.05) is 0 Å². The lowest BCUT2D eigenvalue weighted by Crippen LogP contribution is -2.33. The standard InChI is InChI=1S/C26H33N3O2/c1-18-4-3-13-29(16-18)17-21-7-5-20(6-8-21)15-27-25(30)22-9-11-23(12-10-22)28-26(31)24-14-19(24)2/h5-12,18-19,24H,3-4,13-17H2,1-2H3,(H,27,30)(H,28,31). The van der Waals surface area contributed by atoms with Gasteiger partial charge in [0.25, 0.3) is 5.91 Å². The first-order valence-electron chi connectivity index (χ1n) is 11.5. The number of piperidine rings is 1. The van der Waals surface area contributed by atoms with Crippen molar-refractivity contribution in [1.82, 2.24) is 10.2 Å². The summed E-state index contributed by atoms with van der Waals surface area (Å²) < 4.78 is 0. The van der Waals surface area contributed by atoms with Crippen molar-refractivity contribution < 1.29 is 9.59 Å². The Morgan fingerprint density at radius 3 is 2.32 bits per heavy atom. The summed E-state index contributed by atoms with van der Waals surface area (Å²) in [6.07, 6.45) is 3.59. The molecule has 5 heteroatoms. The Hall–Kier alpha value is -2.66. The van der Waals surface area contributed by atoms with Gasteiger partial charge < -0.3 is 10.6 Å². The molecule has 0 radical (unpaired) electrons. The van der Waals surface area contributed by atoms with Gasteiger partial charge in [-0.15, -0.1) is 0 Å². The van der Waals surface area contributed by atoms with Gasteiger partial charge in [0.05, 0.1) is 0 Å². The third-order valence-corrected chi connectivity index (χ3v) is 6.48. The van der Waals surface area contributed by atoms with Gasteiger partial charge in [0.2, 0.25) is 5.91 Å². The second kappa shape index (κ2) is 9.65. The number of nitrogens with one attached hydrogen (secondary N) is 2. The summed E-state index contributed by atoms with van der Waals surface area (Å²) in [7, 11) is 0. The molecule has 3 unspecified atom stereocenters. The Kier molecular flexibility index (Phi) is 6.71. The van der Waals surface area contributed by atoms with Gasteiger partial charge >= 0.3 is 0 Å². The van der Waals surface area contributed by atoms with Crippen LogP contribution in [0.2, 0.25) is 0 Å². The maximum absolute atomic E-state index is 12.5. The molecule has 2 N–H and O–H groups in total. The van der Waals surface area contributed by atoms with E-state index in [2.05, 4.69) is 53.6 Å². The molecule has 1 saturated carbocycles. The normalized spacial score (nSPS) is 23.2. The van der Waals surface area contributed by atoms with Crippen molar-refractivity contribution >= 4 is 17.5 Å². The molecular weight excluding hydrogens is 386 g/mol. The molecule has 5 nitrogen and oxygen atoms in total. The number of nitrogens with zero attached hydrogens (tertiary/aromatic N) is 1. The van der Waals surface area contributed by atoms with Crippen LogP contribution in [0.5, 0.6) is 0 Å². The molecule has 2 aromatic carbocycles. The van der Waals surface area contributed by atoms with Crippen molar-refractivity contribution in [3.05, 3.63) is 65.2 Å². The van der Waals surface area contributed by atoms with E-state index >= 15 is 0 Å². The molecule has 31 heavy (non-hydrogen) atoms. The number of hydrogen-bond donors (Lipinski definition) is 2. The fourth-order valence-corrected chi connectivity index (χ4v) is 4.36. The number of hydrogen-bond acceptors (Lipinski definition) is 3. The van der Waals surface area contributed by atoms with Crippen LogP contribution in [-0.4, -0.2) is 29.8 Å². The molecule has 2 amide bonds. The Labute approximate surface area is 185 Å². The number of amides is 2. The minimum Gasteiger partial charge on any atom is -0.348 e. The number of likely N-dealkylation sites (tertiary alicyclic amines) is 1. The van der Waals surface area contributed by atoms with Gasteiger partial charge in [0, 0.05) is 36.8 Å². The minimum absolute atomic E-state index is 0.0722. The molecule has 164 valence electrons. The van der Waals surface area contributed by atoms with E-state index in [1.54, 1.807) is 24.3 Å². The van der Waals surface area contributed by atoms with Crippen LogP contribution in [0, 0.1) is 17.8 Å². The van der Waals surface area contributed by atoms with Gasteiger partial charge in [-0.25, -0.2) is 0 Å². The SMILES string of the molecule is CC1CCCN(Cc2ccc(CNC(=O)c3ccc(NC(=O)C4CC4C)cc3)cc2)C1. The smallest absolute Gasteiger partial charge is 0.251 e. The van der Waals surface area contributed by atoms with Crippen molar-refractivity contribution in [1.29, 1.82) is 0 Å². The fourth-order valence-electron chi connectivity index (χ4n) is 4.36. The van der Waals surface area contributed by atoms with Gasteiger partial charge in [-0.05, 0) is 73.0 Å².